The van der Waals surface area contributed by atoms with Gasteiger partial charge in [0.1, 0.15) is 0 Å². The summed E-state index contributed by atoms with van der Waals surface area (Å²) in [5.41, 5.74) is -1.04. The SMILES string of the molecule is CCOC(=O)c1cc(C(C)=O)c(=O)n(-c2ccccc2)c1[O-].CC[NH+](CC)CC. The Morgan fingerprint density at radius 1 is 1.00 bits per heavy atom. The van der Waals surface area contributed by atoms with Gasteiger partial charge in [0.2, 0.25) is 0 Å². The van der Waals surface area contributed by atoms with Crippen LogP contribution in [0.5, 0.6) is 5.88 Å². The zero-order valence-electron chi connectivity index (χ0n) is 17.8. The van der Waals surface area contributed by atoms with E-state index in [2.05, 4.69) is 20.8 Å². The molecular weight excluding hydrogens is 372 g/mol. The highest BCUT2D eigenvalue weighted by molar-refractivity contribution is 5.98. The lowest BCUT2D eigenvalue weighted by Crippen LogP contribution is -3.11. The molecule has 29 heavy (non-hydrogen) atoms. The van der Waals surface area contributed by atoms with Crippen LogP contribution in [0.1, 0.15) is 55.3 Å². The molecule has 2 aromatic rings. The van der Waals surface area contributed by atoms with Gasteiger partial charge in [0.25, 0.3) is 5.56 Å². The Kier molecular flexibility index (Phi) is 9.82. The minimum Gasteiger partial charge on any atom is -0.859 e. The minimum absolute atomic E-state index is 0.0815. The van der Waals surface area contributed by atoms with Crippen molar-refractivity contribution in [3.05, 3.63) is 57.9 Å². The number of para-hydroxylation sites is 1. The number of hydrogen-bond acceptors (Lipinski definition) is 5. The first-order valence-corrected chi connectivity index (χ1v) is 9.86. The molecule has 0 unspecified atom stereocenters. The van der Waals surface area contributed by atoms with Gasteiger partial charge in [0.15, 0.2) is 5.78 Å². The predicted octanol–water partition coefficient (Wildman–Crippen LogP) is 1.22. The van der Waals surface area contributed by atoms with Crippen molar-refractivity contribution >= 4 is 11.8 Å². The van der Waals surface area contributed by atoms with E-state index < -0.39 is 23.2 Å². The molecule has 0 fully saturated rings. The Labute approximate surface area is 171 Å². The predicted molar refractivity (Wildman–Crippen MR) is 110 cm³/mol. The first-order chi connectivity index (χ1) is 13.8. The quantitative estimate of drug-likeness (QED) is 0.555. The van der Waals surface area contributed by atoms with Gasteiger partial charge in [-0.3, -0.25) is 14.2 Å². The molecule has 0 saturated carbocycles. The van der Waals surface area contributed by atoms with Crippen LogP contribution in [-0.2, 0) is 4.74 Å². The van der Waals surface area contributed by atoms with Crippen LogP contribution in [0.2, 0.25) is 0 Å². The summed E-state index contributed by atoms with van der Waals surface area (Å²) in [6, 6.07) is 9.10. The van der Waals surface area contributed by atoms with Gasteiger partial charge in [-0.05, 0) is 58.7 Å². The molecule has 158 valence electrons. The number of carbonyl (C=O) groups excluding carboxylic acids is 2. The van der Waals surface area contributed by atoms with Gasteiger partial charge < -0.3 is 14.7 Å². The maximum atomic E-state index is 12.4. The lowest BCUT2D eigenvalue weighted by atomic mass is 10.1. The largest absolute Gasteiger partial charge is 0.859 e. The number of ketones is 1. The Balaban J connectivity index is 0.000000516. The van der Waals surface area contributed by atoms with Gasteiger partial charge in [-0.1, -0.05) is 18.2 Å². The smallest absolute Gasteiger partial charge is 0.339 e. The molecule has 0 amide bonds. The zero-order chi connectivity index (χ0) is 22.0. The highest BCUT2D eigenvalue weighted by Gasteiger charge is 2.18. The molecule has 1 aromatic carbocycles. The number of rotatable bonds is 7. The molecule has 0 saturated heterocycles. The molecule has 7 nitrogen and oxygen atoms in total. The number of aromatic nitrogens is 1. The van der Waals surface area contributed by atoms with Crippen molar-refractivity contribution < 1.29 is 24.3 Å². The number of carbonyl (C=O) groups is 2. The minimum atomic E-state index is -0.861. The summed E-state index contributed by atoms with van der Waals surface area (Å²) in [5.74, 6) is -2.19. The zero-order valence-corrected chi connectivity index (χ0v) is 17.8. The summed E-state index contributed by atoms with van der Waals surface area (Å²) in [6.07, 6.45) is 0. The fourth-order valence-corrected chi connectivity index (χ4v) is 2.77. The summed E-state index contributed by atoms with van der Waals surface area (Å²) in [5, 5.41) is 12.4. The number of hydrogen-bond donors (Lipinski definition) is 1. The third kappa shape index (κ3) is 6.29. The highest BCUT2D eigenvalue weighted by Crippen LogP contribution is 2.19. The van der Waals surface area contributed by atoms with E-state index in [4.69, 9.17) is 4.74 Å². The van der Waals surface area contributed by atoms with Crippen LogP contribution in [-0.4, -0.2) is 42.6 Å². The van der Waals surface area contributed by atoms with Crippen molar-refractivity contribution in [1.29, 1.82) is 0 Å². The van der Waals surface area contributed by atoms with E-state index in [1.54, 1.807) is 42.2 Å². The Morgan fingerprint density at radius 2 is 1.55 bits per heavy atom. The number of nitrogens with one attached hydrogen (secondary N) is 1. The molecular formula is C22H30N2O5. The molecule has 1 aromatic heterocycles. The van der Waals surface area contributed by atoms with Crippen LogP contribution in [0.3, 0.4) is 0 Å². The van der Waals surface area contributed by atoms with E-state index in [0.29, 0.717) is 0 Å². The standard InChI is InChI=1S/C16H15NO5.C6H15N/c1-3-22-16(21)13-9-12(10(2)18)14(19)17(15(13)20)11-7-5-4-6-8-11;1-4-7(5-2)6-3/h4-9,20H,3H2,1-2H3;4-6H2,1-3H3. The van der Waals surface area contributed by atoms with Gasteiger partial charge in [-0.25, -0.2) is 4.79 Å². The van der Waals surface area contributed by atoms with Gasteiger partial charge in [-0.2, -0.15) is 0 Å². The van der Waals surface area contributed by atoms with Crippen LogP contribution in [0.25, 0.3) is 5.69 Å². The molecule has 1 heterocycles. The van der Waals surface area contributed by atoms with Crippen molar-refractivity contribution in [2.45, 2.75) is 34.6 Å². The Morgan fingerprint density at radius 3 is 1.97 bits per heavy atom. The third-order valence-corrected chi connectivity index (χ3v) is 4.54. The van der Waals surface area contributed by atoms with Gasteiger partial charge >= 0.3 is 5.97 Å². The number of benzene rings is 1. The highest BCUT2D eigenvalue weighted by atomic mass is 16.5. The summed E-state index contributed by atoms with van der Waals surface area (Å²) in [6.45, 7) is 13.4. The number of Topliss-reactive ketones (excluding diaryl/α,β-unsaturated/α-hetero) is 1. The molecule has 0 bridgehead atoms. The summed E-state index contributed by atoms with van der Waals surface area (Å²) >= 11 is 0. The van der Waals surface area contributed by atoms with E-state index >= 15 is 0 Å². The number of esters is 1. The van der Waals surface area contributed by atoms with Crippen molar-refractivity contribution in [2.75, 3.05) is 26.2 Å². The number of nitrogens with zero attached hydrogens (tertiary/aromatic N) is 1. The molecule has 0 radical (unpaired) electrons. The third-order valence-electron chi connectivity index (χ3n) is 4.54. The van der Waals surface area contributed by atoms with Crippen LogP contribution < -0.4 is 15.6 Å². The monoisotopic (exact) mass is 402 g/mol. The number of quaternary nitrogens is 1. The fraction of sp³-hybridized carbons (Fsp3) is 0.409. The van der Waals surface area contributed by atoms with Crippen LogP contribution in [0.15, 0.2) is 41.2 Å². The van der Waals surface area contributed by atoms with E-state index in [1.165, 1.54) is 26.6 Å². The summed E-state index contributed by atoms with van der Waals surface area (Å²) in [4.78, 5) is 37.5. The second-order valence-electron chi connectivity index (χ2n) is 6.34. The molecule has 1 N–H and O–H groups in total. The van der Waals surface area contributed by atoms with Crippen molar-refractivity contribution in [2.24, 2.45) is 0 Å². The second kappa shape index (κ2) is 11.8. The maximum absolute atomic E-state index is 12.4. The lowest BCUT2D eigenvalue weighted by Gasteiger charge is -2.21. The Hall–Kier alpha value is -2.93. The normalized spacial score (nSPS) is 10.3. The molecule has 7 heteroatoms. The van der Waals surface area contributed by atoms with Crippen LogP contribution in [0.4, 0.5) is 0 Å². The van der Waals surface area contributed by atoms with Crippen molar-refractivity contribution in [3.8, 4) is 11.6 Å². The average molecular weight is 402 g/mol. The van der Waals surface area contributed by atoms with Crippen molar-refractivity contribution in [1.82, 2.24) is 4.57 Å². The van der Waals surface area contributed by atoms with E-state index in [0.717, 1.165) is 10.6 Å². The molecule has 0 aliphatic heterocycles. The average Bonchev–Trinajstić information content (AvgIpc) is 2.70. The molecule has 0 spiro atoms. The van der Waals surface area contributed by atoms with Crippen molar-refractivity contribution in [3.63, 3.8) is 0 Å². The maximum Gasteiger partial charge on any atom is 0.339 e. The molecule has 0 aliphatic rings. The van der Waals surface area contributed by atoms with Gasteiger partial charge in [-0.15, -0.1) is 0 Å². The molecule has 2 rings (SSSR count). The fourth-order valence-electron chi connectivity index (χ4n) is 2.77. The molecule has 0 atom stereocenters. The van der Waals surface area contributed by atoms with Gasteiger partial charge in [0.05, 0.1) is 37.4 Å². The number of pyridine rings is 1. The molecule has 0 aliphatic carbocycles. The first-order valence-electron chi connectivity index (χ1n) is 9.86. The van der Waals surface area contributed by atoms with Crippen LogP contribution >= 0.6 is 0 Å². The second-order valence-corrected chi connectivity index (χ2v) is 6.34. The topological polar surface area (TPSA) is 92.9 Å². The van der Waals surface area contributed by atoms with E-state index in [-0.39, 0.29) is 23.4 Å². The van der Waals surface area contributed by atoms with Gasteiger partial charge in [0, 0.05) is 5.69 Å². The van der Waals surface area contributed by atoms with Crippen LogP contribution in [0, 0.1) is 0 Å². The number of ether oxygens (including phenoxy) is 1. The lowest BCUT2D eigenvalue weighted by molar-refractivity contribution is -0.894. The summed E-state index contributed by atoms with van der Waals surface area (Å²) < 4.78 is 5.62. The van der Waals surface area contributed by atoms with E-state index in [9.17, 15) is 19.5 Å². The summed E-state index contributed by atoms with van der Waals surface area (Å²) in [7, 11) is 0. The van der Waals surface area contributed by atoms with E-state index in [1.807, 2.05) is 0 Å². The first kappa shape index (κ1) is 24.1. The Bertz CT molecular complexity index is 865.